The molecule has 6 heteroatoms. The van der Waals surface area contributed by atoms with Crippen molar-refractivity contribution < 1.29 is 5.11 Å². The van der Waals surface area contributed by atoms with Gasteiger partial charge in [-0.1, -0.05) is 29.3 Å². The van der Waals surface area contributed by atoms with E-state index >= 15 is 0 Å². The molecule has 0 saturated carbocycles. The van der Waals surface area contributed by atoms with Crippen molar-refractivity contribution in [2.75, 3.05) is 0 Å². The summed E-state index contributed by atoms with van der Waals surface area (Å²) in [5.74, 6) is 0.0263. The number of aromatic hydroxyl groups is 1. The predicted molar refractivity (Wildman–Crippen MR) is 75.7 cm³/mol. The predicted octanol–water partition coefficient (Wildman–Crippen LogP) is 4.23. The van der Waals surface area contributed by atoms with Crippen LogP contribution in [0.3, 0.4) is 0 Å². The molecular formula is C11H10Cl3NOS. The maximum Gasteiger partial charge on any atom is 0.123 e. The zero-order valence-electron chi connectivity index (χ0n) is 8.56. The third-order valence-corrected chi connectivity index (χ3v) is 3.72. The summed E-state index contributed by atoms with van der Waals surface area (Å²) < 4.78 is 0. The molecule has 3 N–H and O–H groups in total. The van der Waals surface area contributed by atoms with Crippen LogP contribution in [0.1, 0.15) is 16.5 Å². The summed E-state index contributed by atoms with van der Waals surface area (Å²) in [6, 6.07) is 6.40. The lowest BCUT2D eigenvalue weighted by molar-refractivity contribution is 0.465. The van der Waals surface area contributed by atoms with Crippen molar-refractivity contribution in [1.29, 1.82) is 0 Å². The largest absolute Gasteiger partial charge is 0.507 e. The molecule has 92 valence electrons. The molecule has 2 rings (SSSR count). The van der Waals surface area contributed by atoms with Gasteiger partial charge in [-0.05, 0) is 23.6 Å². The topological polar surface area (TPSA) is 46.2 Å². The van der Waals surface area contributed by atoms with Crippen molar-refractivity contribution in [2.24, 2.45) is 5.73 Å². The van der Waals surface area contributed by atoms with Gasteiger partial charge in [0.15, 0.2) is 0 Å². The molecular weight excluding hydrogens is 301 g/mol. The summed E-state index contributed by atoms with van der Waals surface area (Å²) in [4.78, 5) is 0.944. The summed E-state index contributed by atoms with van der Waals surface area (Å²) >= 11 is 13.3. The Morgan fingerprint density at radius 3 is 2.53 bits per heavy atom. The van der Waals surface area contributed by atoms with Crippen molar-refractivity contribution in [1.82, 2.24) is 0 Å². The maximum atomic E-state index is 9.80. The Morgan fingerprint density at radius 2 is 2.00 bits per heavy atom. The van der Waals surface area contributed by atoms with Crippen molar-refractivity contribution in [3.05, 3.63) is 50.1 Å². The number of hydrogen-bond donors (Lipinski definition) is 2. The average Bonchev–Trinajstić information content (AvgIpc) is 2.67. The highest BCUT2D eigenvalue weighted by atomic mass is 35.5. The SMILES string of the molecule is Cl.N[C@@H](c1cccs1)c1c(O)cc(Cl)cc1Cl. The van der Waals surface area contributed by atoms with E-state index in [1.807, 2.05) is 17.5 Å². The standard InChI is InChI=1S/C11H9Cl2NOS.ClH/c12-6-4-7(13)10(8(15)5-6)11(14)9-2-1-3-16-9;/h1-5,11,15H,14H2;1H/t11-;/m0./s1. The minimum atomic E-state index is -0.426. The number of thiophene rings is 1. The molecule has 2 aromatic rings. The van der Waals surface area contributed by atoms with Gasteiger partial charge in [-0.15, -0.1) is 23.7 Å². The van der Waals surface area contributed by atoms with Crippen molar-refractivity contribution >= 4 is 46.9 Å². The Morgan fingerprint density at radius 1 is 1.29 bits per heavy atom. The molecule has 0 unspecified atom stereocenters. The van der Waals surface area contributed by atoms with Gasteiger partial charge in [-0.2, -0.15) is 0 Å². The van der Waals surface area contributed by atoms with E-state index in [9.17, 15) is 5.11 Å². The Labute approximate surface area is 119 Å². The van der Waals surface area contributed by atoms with Crippen LogP contribution in [0.25, 0.3) is 0 Å². The van der Waals surface area contributed by atoms with Gasteiger partial charge in [-0.3, -0.25) is 0 Å². The number of benzene rings is 1. The Hall–Kier alpha value is -0.450. The molecule has 17 heavy (non-hydrogen) atoms. The van der Waals surface area contributed by atoms with E-state index in [1.54, 1.807) is 6.07 Å². The monoisotopic (exact) mass is 309 g/mol. The third-order valence-electron chi connectivity index (χ3n) is 2.23. The fourth-order valence-electron chi connectivity index (χ4n) is 1.49. The van der Waals surface area contributed by atoms with Crippen LogP contribution < -0.4 is 5.73 Å². The summed E-state index contributed by atoms with van der Waals surface area (Å²) in [7, 11) is 0. The van der Waals surface area contributed by atoms with Crippen molar-refractivity contribution in [3.8, 4) is 5.75 Å². The van der Waals surface area contributed by atoms with E-state index in [-0.39, 0.29) is 18.2 Å². The second kappa shape index (κ2) is 5.94. The molecule has 0 bridgehead atoms. The van der Waals surface area contributed by atoms with Crippen LogP contribution in [-0.4, -0.2) is 5.11 Å². The van der Waals surface area contributed by atoms with Crippen LogP contribution >= 0.6 is 46.9 Å². The molecule has 0 fully saturated rings. The molecule has 1 aromatic carbocycles. The number of phenolic OH excluding ortho intramolecular Hbond substituents is 1. The Kier molecular flexibility index (Phi) is 5.10. The first-order chi connectivity index (χ1) is 7.59. The lowest BCUT2D eigenvalue weighted by Gasteiger charge is -2.14. The van der Waals surface area contributed by atoms with Gasteiger partial charge >= 0.3 is 0 Å². The fraction of sp³-hybridized carbons (Fsp3) is 0.0909. The summed E-state index contributed by atoms with van der Waals surface area (Å²) in [6.45, 7) is 0. The van der Waals surface area contributed by atoms with Gasteiger partial charge in [0, 0.05) is 15.5 Å². The zero-order chi connectivity index (χ0) is 11.7. The fourth-order valence-corrected chi connectivity index (χ4v) is 2.83. The second-order valence-corrected chi connectivity index (χ2v) is 5.14. The number of nitrogens with two attached hydrogens (primary N) is 1. The molecule has 1 heterocycles. The van der Waals surface area contributed by atoms with E-state index in [0.29, 0.717) is 15.6 Å². The van der Waals surface area contributed by atoms with Crippen LogP contribution in [0.5, 0.6) is 5.75 Å². The van der Waals surface area contributed by atoms with Gasteiger partial charge in [-0.25, -0.2) is 0 Å². The van der Waals surface area contributed by atoms with Gasteiger partial charge in [0.05, 0.1) is 11.1 Å². The summed E-state index contributed by atoms with van der Waals surface area (Å²) in [6.07, 6.45) is 0. The molecule has 0 aliphatic heterocycles. The van der Waals surface area contributed by atoms with E-state index in [0.717, 1.165) is 4.88 Å². The van der Waals surface area contributed by atoms with Crippen molar-refractivity contribution in [3.63, 3.8) is 0 Å². The van der Waals surface area contributed by atoms with E-state index < -0.39 is 6.04 Å². The minimum Gasteiger partial charge on any atom is -0.507 e. The quantitative estimate of drug-likeness (QED) is 0.872. The van der Waals surface area contributed by atoms with Crippen LogP contribution in [0.2, 0.25) is 10.0 Å². The van der Waals surface area contributed by atoms with Crippen molar-refractivity contribution in [2.45, 2.75) is 6.04 Å². The first kappa shape index (κ1) is 14.6. The van der Waals surface area contributed by atoms with Gasteiger partial charge in [0.2, 0.25) is 0 Å². The number of halogens is 3. The molecule has 0 aliphatic carbocycles. The molecule has 0 amide bonds. The number of hydrogen-bond acceptors (Lipinski definition) is 3. The maximum absolute atomic E-state index is 9.80. The summed E-state index contributed by atoms with van der Waals surface area (Å²) in [5, 5.41) is 12.5. The van der Waals surface area contributed by atoms with E-state index in [1.165, 1.54) is 17.4 Å². The average molecular weight is 311 g/mol. The van der Waals surface area contributed by atoms with Crippen LogP contribution in [-0.2, 0) is 0 Å². The first-order valence-corrected chi connectivity index (χ1v) is 6.20. The number of rotatable bonds is 2. The first-order valence-electron chi connectivity index (χ1n) is 4.56. The van der Waals surface area contributed by atoms with Gasteiger partial charge in [0.1, 0.15) is 5.75 Å². The van der Waals surface area contributed by atoms with Crippen LogP contribution in [0, 0.1) is 0 Å². The smallest absolute Gasteiger partial charge is 0.123 e. The highest BCUT2D eigenvalue weighted by Gasteiger charge is 2.18. The van der Waals surface area contributed by atoms with Gasteiger partial charge < -0.3 is 10.8 Å². The molecule has 1 atom stereocenters. The zero-order valence-corrected chi connectivity index (χ0v) is 11.7. The molecule has 0 radical (unpaired) electrons. The second-order valence-electron chi connectivity index (χ2n) is 3.31. The molecule has 1 aromatic heterocycles. The lowest BCUT2D eigenvalue weighted by Crippen LogP contribution is -2.11. The molecule has 2 nitrogen and oxygen atoms in total. The molecule has 0 aliphatic rings. The minimum absolute atomic E-state index is 0. The van der Waals surface area contributed by atoms with Gasteiger partial charge in [0.25, 0.3) is 0 Å². The normalized spacial score (nSPS) is 11.9. The third kappa shape index (κ3) is 3.06. The molecule has 0 spiro atoms. The highest BCUT2D eigenvalue weighted by molar-refractivity contribution is 7.10. The lowest BCUT2D eigenvalue weighted by atomic mass is 10.1. The number of phenols is 1. The Bertz CT molecular complexity index is 478. The van der Waals surface area contributed by atoms with E-state index in [4.69, 9.17) is 28.9 Å². The highest BCUT2D eigenvalue weighted by Crippen LogP contribution is 2.37. The van der Waals surface area contributed by atoms with Crippen LogP contribution in [0.15, 0.2) is 29.6 Å². The Balaban J connectivity index is 0.00000144. The summed E-state index contributed by atoms with van der Waals surface area (Å²) in [5.41, 5.74) is 6.54. The van der Waals surface area contributed by atoms with E-state index in [2.05, 4.69) is 0 Å². The molecule has 0 saturated heterocycles. The van der Waals surface area contributed by atoms with Crippen LogP contribution in [0.4, 0.5) is 0 Å².